The number of phenolic OH excluding ortho intramolecular Hbond substituents is 1. The van der Waals surface area contributed by atoms with Crippen LogP contribution < -0.4 is 15.0 Å². The van der Waals surface area contributed by atoms with Gasteiger partial charge in [0, 0.05) is 36.3 Å². The number of rotatable bonds is 8. The SMILES string of the molecule is CCC1(CC)CN(c2nc(C(=O)Nc3cc(O)c(OC4CC5CC5C4)c(F)c3)c(CC(F)(F)F)o2)C1. The number of ether oxygens (including phenoxy) is 1. The second-order valence-electron chi connectivity index (χ2n) is 10.4. The first kappa shape index (κ1) is 24.7. The number of benzene rings is 1. The first-order valence-electron chi connectivity index (χ1n) is 12.3. The molecule has 3 fully saturated rings. The van der Waals surface area contributed by atoms with E-state index < -0.39 is 41.5 Å². The van der Waals surface area contributed by atoms with Crippen LogP contribution in [-0.4, -0.2) is 41.4 Å². The number of amides is 1. The van der Waals surface area contributed by atoms with Crippen LogP contribution in [0.3, 0.4) is 0 Å². The minimum atomic E-state index is -4.62. The van der Waals surface area contributed by atoms with Crippen molar-refractivity contribution in [3.8, 4) is 11.5 Å². The number of oxazole rings is 1. The molecular formula is C25H29F4N3O4. The maximum atomic E-state index is 14.7. The lowest BCUT2D eigenvalue weighted by atomic mass is 9.75. The highest BCUT2D eigenvalue weighted by Crippen LogP contribution is 2.53. The standard InChI is InChI=1S/C25H29F4N3O4/c1-3-24(4-2)11-32(12-24)23-31-20(19(36-23)10-25(27,28)29)22(34)30-15-8-17(26)21(18(33)9-15)35-16-6-13-5-14(13)7-16/h8-9,13-14,16,33H,3-7,10-12H2,1-2H3,(H,30,34). The van der Waals surface area contributed by atoms with E-state index in [1.54, 1.807) is 4.90 Å². The van der Waals surface area contributed by atoms with E-state index in [1.165, 1.54) is 0 Å². The number of hydrogen-bond donors (Lipinski definition) is 2. The quantitative estimate of drug-likeness (QED) is 0.444. The van der Waals surface area contributed by atoms with Gasteiger partial charge in [-0.25, -0.2) is 4.39 Å². The summed E-state index contributed by atoms with van der Waals surface area (Å²) in [5, 5.41) is 12.6. The molecule has 2 unspecified atom stereocenters. The van der Waals surface area contributed by atoms with Gasteiger partial charge >= 0.3 is 6.18 Å². The fraction of sp³-hybridized carbons (Fsp3) is 0.600. The third-order valence-electron chi connectivity index (χ3n) is 7.85. The number of anilines is 2. The van der Waals surface area contributed by atoms with Crippen molar-refractivity contribution >= 4 is 17.6 Å². The van der Waals surface area contributed by atoms with Gasteiger partial charge in [0.25, 0.3) is 11.9 Å². The average molecular weight is 512 g/mol. The first-order valence-corrected chi connectivity index (χ1v) is 12.3. The number of halogens is 4. The van der Waals surface area contributed by atoms with E-state index in [4.69, 9.17) is 9.15 Å². The van der Waals surface area contributed by atoms with Crippen molar-refractivity contribution in [1.29, 1.82) is 0 Å². The van der Waals surface area contributed by atoms with Crippen LogP contribution in [-0.2, 0) is 6.42 Å². The van der Waals surface area contributed by atoms with Crippen LogP contribution >= 0.6 is 0 Å². The monoisotopic (exact) mass is 511 g/mol. The molecule has 2 atom stereocenters. The number of carbonyl (C=O) groups is 1. The van der Waals surface area contributed by atoms with Crippen molar-refractivity contribution in [2.75, 3.05) is 23.3 Å². The summed E-state index contributed by atoms with van der Waals surface area (Å²) in [6, 6.07) is 2.01. The Kier molecular flexibility index (Phi) is 6.07. The van der Waals surface area contributed by atoms with E-state index >= 15 is 0 Å². The van der Waals surface area contributed by atoms with E-state index in [0.717, 1.165) is 44.2 Å². The molecule has 11 heteroatoms. The third kappa shape index (κ3) is 4.84. The second-order valence-corrected chi connectivity index (χ2v) is 10.4. The van der Waals surface area contributed by atoms with Crippen molar-refractivity contribution in [3.63, 3.8) is 0 Å². The summed E-state index contributed by atoms with van der Waals surface area (Å²) in [6.07, 6.45) is -1.68. The largest absolute Gasteiger partial charge is 0.504 e. The molecule has 2 N–H and O–H groups in total. The molecule has 1 aromatic heterocycles. The Labute approximate surface area is 205 Å². The molecule has 1 aliphatic heterocycles. The first-order chi connectivity index (χ1) is 17.0. The Hall–Kier alpha value is -2.98. The smallest absolute Gasteiger partial charge is 0.396 e. The maximum Gasteiger partial charge on any atom is 0.396 e. The minimum Gasteiger partial charge on any atom is -0.504 e. The van der Waals surface area contributed by atoms with Crippen molar-refractivity contribution < 1.29 is 36.6 Å². The molecule has 2 saturated carbocycles. The zero-order valence-corrected chi connectivity index (χ0v) is 20.1. The zero-order valence-electron chi connectivity index (χ0n) is 20.1. The van der Waals surface area contributed by atoms with Crippen molar-refractivity contribution in [3.05, 3.63) is 29.4 Å². The molecule has 7 nitrogen and oxygen atoms in total. The Bertz CT molecular complexity index is 1120. The summed E-state index contributed by atoms with van der Waals surface area (Å²) < 4.78 is 65.2. The van der Waals surface area contributed by atoms with E-state index in [1.807, 2.05) is 13.8 Å². The molecule has 5 rings (SSSR count). The highest BCUT2D eigenvalue weighted by molar-refractivity contribution is 6.04. The van der Waals surface area contributed by atoms with Gasteiger partial charge in [0.1, 0.15) is 12.2 Å². The molecule has 2 aromatic rings. The lowest BCUT2D eigenvalue weighted by Gasteiger charge is -2.49. The molecular weight excluding hydrogens is 482 g/mol. The molecule has 1 aromatic carbocycles. The average Bonchev–Trinajstić information content (AvgIpc) is 3.17. The molecule has 2 heterocycles. The Morgan fingerprint density at radius 2 is 1.89 bits per heavy atom. The number of alkyl halides is 3. The number of nitrogens with zero attached hydrogens (tertiary/aromatic N) is 2. The highest BCUT2D eigenvalue weighted by Gasteiger charge is 2.47. The molecule has 1 saturated heterocycles. The van der Waals surface area contributed by atoms with Crippen LogP contribution in [0.4, 0.5) is 29.3 Å². The van der Waals surface area contributed by atoms with Crippen molar-refractivity contribution in [2.45, 2.75) is 64.7 Å². The summed E-state index contributed by atoms with van der Waals surface area (Å²) in [4.78, 5) is 18.6. The van der Waals surface area contributed by atoms with Gasteiger partial charge in [-0.2, -0.15) is 18.2 Å². The highest BCUT2D eigenvalue weighted by atomic mass is 19.4. The fourth-order valence-corrected chi connectivity index (χ4v) is 5.43. The number of hydrogen-bond acceptors (Lipinski definition) is 6. The molecule has 1 amide bonds. The predicted molar refractivity (Wildman–Crippen MR) is 123 cm³/mol. The summed E-state index contributed by atoms with van der Waals surface area (Å²) in [6.45, 7) is 5.23. The van der Waals surface area contributed by atoms with Gasteiger partial charge in [0.05, 0.1) is 6.10 Å². The lowest BCUT2D eigenvalue weighted by molar-refractivity contribution is -0.130. The van der Waals surface area contributed by atoms with E-state index in [9.17, 15) is 27.5 Å². The van der Waals surface area contributed by atoms with Crippen LogP contribution in [0, 0.1) is 23.1 Å². The Morgan fingerprint density at radius 1 is 1.22 bits per heavy atom. The zero-order chi connectivity index (χ0) is 25.8. The van der Waals surface area contributed by atoms with Gasteiger partial charge in [0.2, 0.25) is 0 Å². The van der Waals surface area contributed by atoms with Crippen LogP contribution in [0.25, 0.3) is 0 Å². The molecule has 0 radical (unpaired) electrons. The van der Waals surface area contributed by atoms with Gasteiger partial charge < -0.3 is 24.5 Å². The van der Waals surface area contributed by atoms with Gasteiger partial charge in [0.15, 0.2) is 23.0 Å². The molecule has 196 valence electrons. The number of nitrogens with one attached hydrogen (secondary N) is 1. The van der Waals surface area contributed by atoms with Gasteiger partial charge in [-0.3, -0.25) is 4.79 Å². The third-order valence-corrected chi connectivity index (χ3v) is 7.85. The fourth-order valence-electron chi connectivity index (χ4n) is 5.43. The number of carbonyl (C=O) groups excluding carboxylic acids is 1. The number of phenols is 1. The minimum absolute atomic E-state index is 0.0406. The molecule has 0 spiro atoms. The normalized spacial score (nSPS) is 24.3. The predicted octanol–water partition coefficient (Wildman–Crippen LogP) is 5.68. The number of aromatic nitrogens is 1. The lowest BCUT2D eigenvalue weighted by Crippen LogP contribution is -2.56. The maximum absolute atomic E-state index is 14.7. The topological polar surface area (TPSA) is 87.8 Å². The van der Waals surface area contributed by atoms with Crippen LogP contribution in [0.2, 0.25) is 0 Å². The molecule has 0 bridgehead atoms. The molecule has 2 aliphatic carbocycles. The Morgan fingerprint density at radius 3 is 2.47 bits per heavy atom. The van der Waals surface area contributed by atoms with Gasteiger partial charge in [-0.15, -0.1) is 0 Å². The summed E-state index contributed by atoms with van der Waals surface area (Å²) in [5.41, 5.74) is -0.629. The summed E-state index contributed by atoms with van der Waals surface area (Å²) >= 11 is 0. The number of aromatic hydroxyl groups is 1. The van der Waals surface area contributed by atoms with E-state index in [2.05, 4.69) is 10.3 Å². The Balaban J connectivity index is 1.32. The van der Waals surface area contributed by atoms with Crippen LogP contribution in [0.1, 0.15) is 62.2 Å². The van der Waals surface area contributed by atoms with Crippen LogP contribution in [0.15, 0.2) is 16.5 Å². The van der Waals surface area contributed by atoms with Crippen LogP contribution in [0.5, 0.6) is 11.5 Å². The van der Waals surface area contributed by atoms with E-state index in [-0.39, 0.29) is 29.0 Å². The van der Waals surface area contributed by atoms with Crippen molar-refractivity contribution in [1.82, 2.24) is 4.98 Å². The van der Waals surface area contributed by atoms with Gasteiger partial charge in [-0.1, -0.05) is 13.8 Å². The van der Waals surface area contributed by atoms with Gasteiger partial charge in [-0.05, 0) is 43.9 Å². The van der Waals surface area contributed by atoms with E-state index in [0.29, 0.717) is 24.9 Å². The molecule has 3 aliphatic rings. The second kappa shape index (κ2) is 8.85. The number of fused-ring (bicyclic) bond motifs is 1. The summed E-state index contributed by atoms with van der Waals surface area (Å²) in [7, 11) is 0. The summed E-state index contributed by atoms with van der Waals surface area (Å²) in [5.74, 6) is -2.08. The molecule has 36 heavy (non-hydrogen) atoms. The van der Waals surface area contributed by atoms with Crippen molar-refractivity contribution in [2.24, 2.45) is 17.3 Å².